The van der Waals surface area contributed by atoms with Crippen LogP contribution in [0, 0.1) is 0 Å². The SMILES string of the molecule is C=CCN1C(=O)/C(=N\N=C/c2cccc(O)c2)c2ccccc21. The van der Waals surface area contributed by atoms with E-state index in [-0.39, 0.29) is 11.7 Å². The molecule has 5 heteroatoms. The van der Waals surface area contributed by atoms with Gasteiger partial charge in [0.1, 0.15) is 5.75 Å². The zero-order valence-electron chi connectivity index (χ0n) is 12.4. The summed E-state index contributed by atoms with van der Waals surface area (Å²) in [5, 5.41) is 17.5. The lowest BCUT2D eigenvalue weighted by molar-refractivity contribution is -0.112. The molecule has 114 valence electrons. The number of hydrogen-bond acceptors (Lipinski definition) is 4. The molecule has 0 atom stereocenters. The predicted molar refractivity (Wildman–Crippen MR) is 91.2 cm³/mol. The van der Waals surface area contributed by atoms with Crippen molar-refractivity contribution in [2.45, 2.75) is 0 Å². The molecule has 0 saturated heterocycles. The van der Waals surface area contributed by atoms with Crippen molar-refractivity contribution in [2.24, 2.45) is 10.2 Å². The molecule has 23 heavy (non-hydrogen) atoms. The Kier molecular flexibility index (Phi) is 4.01. The second-order valence-electron chi connectivity index (χ2n) is 5.01. The van der Waals surface area contributed by atoms with Crippen molar-refractivity contribution in [2.75, 3.05) is 11.4 Å². The van der Waals surface area contributed by atoms with Gasteiger partial charge in [0.15, 0.2) is 5.71 Å². The fourth-order valence-electron chi connectivity index (χ4n) is 2.43. The Labute approximate surface area is 133 Å². The lowest BCUT2D eigenvalue weighted by atomic mass is 10.1. The minimum atomic E-state index is -0.195. The number of anilines is 1. The monoisotopic (exact) mass is 305 g/mol. The maximum atomic E-state index is 12.5. The van der Waals surface area contributed by atoms with E-state index in [4.69, 9.17) is 0 Å². The first-order valence-corrected chi connectivity index (χ1v) is 7.13. The molecule has 2 aromatic carbocycles. The van der Waals surface area contributed by atoms with E-state index in [1.807, 2.05) is 24.3 Å². The Bertz CT molecular complexity index is 825. The molecule has 3 rings (SSSR count). The van der Waals surface area contributed by atoms with Gasteiger partial charge in [-0.1, -0.05) is 36.4 Å². The van der Waals surface area contributed by atoms with E-state index in [2.05, 4.69) is 16.8 Å². The molecule has 1 heterocycles. The van der Waals surface area contributed by atoms with Crippen LogP contribution in [0.3, 0.4) is 0 Å². The van der Waals surface area contributed by atoms with Crippen LogP contribution in [0.4, 0.5) is 5.69 Å². The molecule has 1 N–H and O–H groups in total. The van der Waals surface area contributed by atoms with Gasteiger partial charge in [-0.15, -0.1) is 11.7 Å². The molecule has 0 fully saturated rings. The molecule has 0 saturated carbocycles. The summed E-state index contributed by atoms with van der Waals surface area (Å²) in [6.07, 6.45) is 3.17. The third-order valence-electron chi connectivity index (χ3n) is 3.44. The summed E-state index contributed by atoms with van der Waals surface area (Å²) in [7, 11) is 0. The van der Waals surface area contributed by atoms with E-state index in [9.17, 15) is 9.90 Å². The topological polar surface area (TPSA) is 65.3 Å². The van der Waals surface area contributed by atoms with Crippen LogP contribution in [0.25, 0.3) is 0 Å². The number of aromatic hydroxyl groups is 1. The third kappa shape index (κ3) is 2.89. The molecule has 5 nitrogen and oxygen atoms in total. The molecule has 0 radical (unpaired) electrons. The van der Waals surface area contributed by atoms with Gasteiger partial charge in [-0.3, -0.25) is 4.79 Å². The van der Waals surface area contributed by atoms with Crippen LogP contribution < -0.4 is 4.90 Å². The van der Waals surface area contributed by atoms with Crippen LogP contribution in [-0.2, 0) is 4.79 Å². The zero-order chi connectivity index (χ0) is 16.2. The minimum absolute atomic E-state index is 0.154. The van der Waals surface area contributed by atoms with Crippen molar-refractivity contribution in [3.63, 3.8) is 0 Å². The summed E-state index contributed by atoms with van der Waals surface area (Å²) in [6.45, 7) is 4.10. The summed E-state index contributed by atoms with van der Waals surface area (Å²) >= 11 is 0. The molecular weight excluding hydrogens is 290 g/mol. The van der Waals surface area contributed by atoms with Crippen molar-refractivity contribution in [3.8, 4) is 5.75 Å². The van der Waals surface area contributed by atoms with Crippen molar-refractivity contribution >= 4 is 23.5 Å². The normalized spacial score (nSPS) is 15.4. The highest BCUT2D eigenvalue weighted by Gasteiger charge is 2.32. The number of amides is 1. The summed E-state index contributed by atoms with van der Waals surface area (Å²) in [5.41, 5.74) is 2.57. The average molecular weight is 305 g/mol. The molecule has 0 bridgehead atoms. The molecular formula is C18H15N3O2. The quantitative estimate of drug-likeness (QED) is 0.536. The van der Waals surface area contributed by atoms with Gasteiger partial charge in [0.2, 0.25) is 0 Å². The number of benzene rings is 2. The maximum Gasteiger partial charge on any atom is 0.279 e. The lowest BCUT2D eigenvalue weighted by Crippen LogP contribution is -2.30. The Hall–Kier alpha value is -3.21. The zero-order valence-corrected chi connectivity index (χ0v) is 12.4. The molecule has 0 unspecified atom stereocenters. The highest BCUT2D eigenvalue weighted by molar-refractivity contribution is 6.54. The van der Waals surface area contributed by atoms with E-state index in [1.54, 1.807) is 35.2 Å². The number of hydrogen-bond donors (Lipinski definition) is 1. The van der Waals surface area contributed by atoms with Crippen molar-refractivity contribution in [3.05, 3.63) is 72.3 Å². The molecule has 2 aromatic rings. The number of fused-ring (bicyclic) bond motifs is 1. The average Bonchev–Trinajstić information content (AvgIpc) is 2.81. The second kappa shape index (κ2) is 6.27. The minimum Gasteiger partial charge on any atom is -0.508 e. The van der Waals surface area contributed by atoms with Gasteiger partial charge < -0.3 is 10.0 Å². The first kappa shape index (κ1) is 14.7. The number of rotatable bonds is 4. The van der Waals surface area contributed by atoms with Crippen LogP contribution in [0.1, 0.15) is 11.1 Å². The number of nitrogens with zero attached hydrogens (tertiary/aromatic N) is 3. The fraction of sp³-hybridized carbons (Fsp3) is 0.0556. The summed E-state index contributed by atoms with van der Waals surface area (Å²) in [6, 6.07) is 14.1. The van der Waals surface area contributed by atoms with Crippen molar-refractivity contribution in [1.29, 1.82) is 0 Å². The smallest absolute Gasteiger partial charge is 0.279 e. The third-order valence-corrected chi connectivity index (χ3v) is 3.44. The fourth-order valence-corrected chi connectivity index (χ4v) is 2.43. The predicted octanol–water partition coefficient (Wildman–Crippen LogP) is 2.75. The van der Waals surface area contributed by atoms with Gasteiger partial charge in [0, 0.05) is 12.1 Å². The van der Waals surface area contributed by atoms with Crippen LogP contribution in [0.5, 0.6) is 5.75 Å². The summed E-state index contributed by atoms with van der Waals surface area (Å²) in [5.74, 6) is -0.0415. The Morgan fingerprint density at radius 3 is 2.78 bits per heavy atom. The van der Waals surface area contributed by atoms with E-state index in [0.29, 0.717) is 17.8 Å². The first-order valence-electron chi connectivity index (χ1n) is 7.13. The number of phenolic OH excluding ortho intramolecular Hbond substituents is 1. The van der Waals surface area contributed by atoms with Crippen molar-refractivity contribution < 1.29 is 9.90 Å². The van der Waals surface area contributed by atoms with Gasteiger partial charge in [-0.25, -0.2) is 0 Å². The van der Waals surface area contributed by atoms with Gasteiger partial charge in [0.05, 0.1) is 11.9 Å². The van der Waals surface area contributed by atoms with Crippen LogP contribution in [0.2, 0.25) is 0 Å². The van der Waals surface area contributed by atoms with Crippen LogP contribution in [-0.4, -0.2) is 29.5 Å². The van der Waals surface area contributed by atoms with Crippen molar-refractivity contribution in [1.82, 2.24) is 0 Å². The van der Waals surface area contributed by atoms with Gasteiger partial charge in [-0.2, -0.15) is 5.10 Å². The number of phenols is 1. The molecule has 0 spiro atoms. The van der Waals surface area contributed by atoms with Crippen LogP contribution in [0.15, 0.2) is 71.4 Å². The standard InChI is InChI=1S/C18H15N3O2/c1-2-10-21-16-9-4-3-8-15(16)17(18(21)23)20-19-12-13-6-5-7-14(22)11-13/h2-9,11-12,22H,1,10H2/b19-12-,20-17-. The van der Waals surface area contributed by atoms with Crippen LogP contribution >= 0.6 is 0 Å². The molecule has 1 aliphatic rings. The Morgan fingerprint density at radius 1 is 1.17 bits per heavy atom. The largest absolute Gasteiger partial charge is 0.508 e. The number of carbonyl (C=O) groups excluding carboxylic acids is 1. The van der Waals surface area contributed by atoms with E-state index >= 15 is 0 Å². The molecule has 0 aromatic heterocycles. The Morgan fingerprint density at radius 2 is 2.00 bits per heavy atom. The summed E-state index contributed by atoms with van der Waals surface area (Å²) < 4.78 is 0. The van der Waals surface area contributed by atoms with Gasteiger partial charge >= 0.3 is 0 Å². The highest BCUT2D eigenvalue weighted by Crippen LogP contribution is 2.28. The molecule has 1 aliphatic heterocycles. The van der Waals surface area contributed by atoms with Gasteiger partial charge in [-0.05, 0) is 23.8 Å². The second-order valence-corrected chi connectivity index (χ2v) is 5.01. The maximum absolute atomic E-state index is 12.5. The van der Waals surface area contributed by atoms with E-state index < -0.39 is 0 Å². The molecule has 1 amide bonds. The lowest BCUT2D eigenvalue weighted by Gasteiger charge is -2.13. The number of para-hydroxylation sites is 1. The number of carbonyl (C=O) groups is 1. The first-order chi connectivity index (χ1) is 11.2. The summed E-state index contributed by atoms with van der Waals surface area (Å²) in [4.78, 5) is 14.1. The Balaban J connectivity index is 1.93. The van der Waals surface area contributed by atoms with Gasteiger partial charge in [0.25, 0.3) is 5.91 Å². The van der Waals surface area contributed by atoms with E-state index in [0.717, 1.165) is 11.3 Å². The molecule has 0 aliphatic carbocycles. The highest BCUT2D eigenvalue weighted by atomic mass is 16.3. The van der Waals surface area contributed by atoms with E-state index in [1.165, 1.54) is 6.21 Å².